The molecular formula is C11H11ClN4O. The van der Waals surface area contributed by atoms with E-state index in [-0.39, 0.29) is 12.5 Å². The highest BCUT2D eigenvalue weighted by atomic mass is 35.5. The second-order valence-corrected chi connectivity index (χ2v) is 3.93. The van der Waals surface area contributed by atoms with Crippen LogP contribution in [-0.4, -0.2) is 15.7 Å². The molecule has 2 aromatic rings. The van der Waals surface area contributed by atoms with E-state index in [1.54, 1.807) is 36.5 Å². The van der Waals surface area contributed by atoms with Crippen molar-refractivity contribution in [3.63, 3.8) is 0 Å². The summed E-state index contributed by atoms with van der Waals surface area (Å²) >= 11 is 5.81. The molecule has 6 heteroatoms. The molecule has 3 N–H and O–H groups in total. The number of rotatable bonds is 3. The molecule has 0 bridgehead atoms. The first-order valence-corrected chi connectivity index (χ1v) is 5.35. The molecule has 2 rings (SSSR count). The number of nitrogens with one attached hydrogen (secondary N) is 1. The van der Waals surface area contributed by atoms with Gasteiger partial charge in [0.2, 0.25) is 5.91 Å². The van der Waals surface area contributed by atoms with E-state index < -0.39 is 0 Å². The van der Waals surface area contributed by atoms with Crippen LogP contribution in [0.1, 0.15) is 0 Å². The molecular weight excluding hydrogens is 240 g/mol. The van der Waals surface area contributed by atoms with Crippen molar-refractivity contribution in [2.24, 2.45) is 0 Å². The van der Waals surface area contributed by atoms with Crippen molar-refractivity contribution < 1.29 is 4.79 Å². The summed E-state index contributed by atoms with van der Waals surface area (Å²) in [7, 11) is 0. The molecule has 0 saturated carbocycles. The maximum absolute atomic E-state index is 11.6. The Labute approximate surface area is 103 Å². The van der Waals surface area contributed by atoms with E-state index in [0.717, 1.165) is 0 Å². The molecule has 0 fully saturated rings. The van der Waals surface area contributed by atoms with Gasteiger partial charge in [-0.05, 0) is 24.3 Å². The van der Waals surface area contributed by atoms with Gasteiger partial charge in [-0.1, -0.05) is 17.7 Å². The molecule has 0 spiro atoms. The number of nitrogens with zero attached hydrogens (tertiary/aromatic N) is 2. The third-order valence-corrected chi connectivity index (χ3v) is 2.31. The summed E-state index contributed by atoms with van der Waals surface area (Å²) < 4.78 is 1.47. The van der Waals surface area contributed by atoms with Gasteiger partial charge in [0.15, 0.2) is 0 Å². The molecule has 0 aliphatic heterocycles. The second kappa shape index (κ2) is 4.88. The molecule has 5 nitrogen and oxygen atoms in total. The average molecular weight is 251 g/mol. The Morgan fingerprint density at radius 1 is 1.47 bits per heavy atom. The zero-order valence-electron chi connectivity index (χ0n) is 8.93. The van der Waals surface area contributed by atoms with Crippen LogP contribution in [-0.2, 0) is 11.3 Å². The van der Waals surface area contributed by atoms with Crippen LogP contribution in [0.5, 0.6) is 0 Å². The van der Waals surface area contributed by atoms with Crippen molar-refractivity contribution in [1.82, 2.24) is 9.78 Å². The molecule has 17 heavy (non-hydrogen) atoms. The van der Waals surface area contributed by atoms with Gasteiger partial charge in [0.25, 0.3) is 0 Å². The molecule has 0 unspecified atom stereocenters. The van der Waals surface area contributed by atoms with Crippen molar-refractivity contribution in [3.8, 4) is 0 Å². The molecule has 1 aromatic carbocycles. The highest BCUT2D eigenvalue weighted by Gasteiger charge is 2.04. The van der Waals surface area contributed by atoms with Crippen LogP contribution in [0.2, 0.25) is 5.02 Å². The summed E-state index contributed by atoms with van der Waals surface area (Å²) in [6.45, 7) is 0.115. The minimum Gasteiger partial charge on any atom is -0.382 e. The van der Waals surface area contributed by atoms with Crippen LogP contribution >= 0.6 is 11.6 Å². The first kappa shape index (κ1) is 11.5. The van der Waals surface area contributed by atoms with Gasteiger partial charge in [-0.25, -0.2) is 0 Å². The van der Waals surface area contributed by atoms with E-state index in [0.29, 0.717) is 16.5 Å². The molecule has 1 heterocycles. The lowest BCUT2D eigenvalue weighted by Gasteiger charge is -2.05. The van der Waals surface area contributed by atoms with Crippen molar-refractivity contribution >= 4 is 29.0 Å². The van der Waals surface area contributed by atoms with Gasteiger partial charge in [0, 0.05) is 16.9 Å². The Kier molecular flexibility index (Phi) is 3.30. The monoisotopic (exact) mass is 250 g/mol. The van der Waals surface area contributed by atoms with Crippen molar-refractivity contribution in [3.05, 3.63) is 41.6 Å². The van der Waals surface area contributed by atoms with Gasteiger partial charge >= 0.3 is 0 Å². The first-order chi connectivity index (χ1) is 8.13. The van der Waals surface area contributed by atoms with E-state index in [9.17, 15) is 4.79 Å². The molecule has 0 radical (unpaired) electrons. The normalized spacial score (nSPS) is 10.2. The molecule has 88 valence electrons. The summed E-state index contributed by atoms with van der Waals surface area (Å²) in [4.78, 5) is 11.6. The molecule has 1 amide bonds. The Bertz CT molecular complexity index is 538. The van der Waals surface area contributed by atoms with Gasteiger partial charge in [-0.15, -0.1) is 0 Å². The lowest BCUT2D eigenvalue weighted by Crippen LogP contribution is -2.19. The summed E-state index contributed by atoms with van der Waals surface area (Å²) in [5.41, 5.74) is 6.10. The number of aromatic nitrogens is 2. The zero-order valence-corrected chi connectivity index (χ0v) is 9.69. The van der Waals surface area contributed by atoms with Gasteiger partial charge in [0.05, 0.1) is 0 Å². The number of nitrogen functional groups attached to an aromatic ring is 1. The number of anilines is 2. The van der Waals surface area contributed by atoms with E-state index in [1.807, 2.05) is 0 Å². The number of carbonyl (C=O) groups excluding carboxylic acids is 1. The SMILES string of the molecule is Nc1ccn(CC(=O)Nc2cccc(Cl)c2)n1. The predicted molar refractivity (Wildman–Crippen MR) is 66.7 cm³/mol. The largest absolute Gasteiger partial charge is 0.382 e. The van der Waals surface area contributed by atoms with E-state index >= 15 is 0 Å². The second-order valence-electron chi connectivity index (χ2n) is 3.50. The van der Waals surface area contributed by atoms with E-state index in [2.05, 4.69) is 10.4 Å². The fourth-order valence-electron chi connectivity index (χ4n) is 1.38. The Hall–Kier alpha value is -2.01. The third kappa shape index (κ3) is 3.22. The number of hydrogen-bond acceptors (Lipinski definition) is 3. The van der Waals surface area contributed by atoms with Gasteiger partial charge in [-0.2, -0.15) is 5.10 Å². The topological polar surface area (TPSA) is 72.9 Å². The quantitative estimate of drug-likeness (QED) is 0.872. The van der Waals surface area contributed by atoms with Crippen molar-refractivity contribution in [2.45, 2.75) is 6.54 Å². The number of halogens is 1. The Balaban J connectivity index is 1.98. The molecule has 0 aliphatic carbocycles. The number of carbonyl (C=O) groups is 1. The summed E-state index contributed by atoms with van der Waals surface area (Å²) in [5.74, 6) is 0.205. The minimum absolute atomic E-state index is 0.115. The van der Waals surface area contributed by atoms with Gasteiger partial charge < -0.3 is 11.1 Å². The lowest BCUT2D eigenvalue weighted by molar-refractivity contribution is -0.116. The highest BCUT2D eigenvalue weighted by Crippen LogP contribution is 2.14. The lowest BCUT2D eigenvalue weighted by atomic mass is 10.3. The standard InChI is InChI=1S/C11H11ClN4O/c12-8-2-1-3-9(6-8)14-11(17)7-16-5-4-10(13)15-16/h1-6H,7H2,(H2,13,15)(H,14,17). The van der Waals surface area contributed by atoms with Gasteiger partial charge in [-0.3, -0.25) is 9.48 Å². The van der Waals surface area contributed by atoms with Crippen LogP contribution in [0.4, 0.5) is 11.5 Å². The van der Waals surface area contributed by atoms with Crippen LogP contribution in [0.15, 0.2) is 36.5 Å². The molecule has 0 aliphatic rings. The fraction of sp³-hybridized carbons (Fsp3) is 0.0909. The number of amides is 1. The first-order valence-electron chi connectivity index (χ1n) is 4.98. The zero-order chi connectivity index (χ0) is 12.3. The maximum Gasteiger partial charge on any atom is 0.246 e. The average Bonchev–Trinajstić information content (AvgIpc) is 2.63. The molecule has 1 aromatic heterocycles. The van der Waals surface area contributed by atoms with Crippen LogP contribution in [0.3, 0.4) is 0 Å². The van der Waals surface area contributed by atoms with E-state index in [1.165, 1.54) is 4.68 Å². The van der Waals surface area contributed by atoms with Crippen molar-refractivity contribution in [1.29, 1.82) is 0 Å². The minimum atomic E-state index is -0.185. The summed E-state index contributed by atoms with van der Waals surface area (Å²) in [5, 5.41) is 7.21. The number of hydrogen-bond donors (Lipinski definition) is 2. The Morgan fingerprint density at radius 2 is 2.29 bits per heavy atom. The maximum atomic E-state index is 11.6. The third-order valence-electron chi connectivity index (χ3n) is 2.08. The molecule has 0 saturated heterocycles. The predicted octanol–water partition coefficient (Wildman–Crippen LogP) is 1.76. The van der Waals surface area contributed by atoms with Crippen LogP contribution in [0, 0.1) is 0 Å². The van der Waals surface area contributed by atoms with Crippen LogP contribution < -0.4 is 11.1 Å². The highest BCUT2D eigenvalue weighted by molar-refractivity contribution is 6.30. The molecule has 0 atom stereocenters. The van der Waals surface area contributed by atoms with E-state index in [4.69, 9.17) is 17.3 Å². The Morgan fingerprint density at radius 3 is 2.94 bits per heavy atom. The van der Waals surface area contributed by atoms with Gasteiger partial charge in [0.1, 0.15) is 12.4 Å². The number of nitrogens with two attached hydrogens (primary N) is 1. The van der Waals surface area contributed by atoms with Crippen LogP contribution in [0.25, 0.3) is 0 Å². The summed E-state index contributed by atoms with van der Waals surface area (Å²) in [6, 6.07) is 8.58. The van der Waals surface area contributed by atoms with Crippen molar-refractivity contribution in [2.75, 3.05) is 11.1 Å². The number of benzene rings is 1. The summed E-state index contributed by atoms with van der Waals surface area (Å²) in [6.07, 6.45) is 1.65. The smallest absolute Gasteiger partial charge is 0.246 e. The fourth-order valence-corrected chi connectivity index (χ4v) is 1.57.